The highest BCUT2D eigenvalue weighted by atomic mass is 79.9. The third-order valence-electron chi connectivity index (χ3n) is 4.84. The number of hydrogen-bond donors (Lipinski definition) is 1. The summed E-state index contributed by atoms with van der Waals surface area (Å²) >= 11 is 3.34. The lowest BCUT2D eigenvalue weighted by molar-refractivity contribution is 0.355. The van der Waals surface area contributed by atoms with E-state index in [1.807, 2.05) is 54.6 Å². The Kier molecular flexibility index (Phi) is 6.61. The van der Waals surface area contributed by atoms with E-state index in [1.54, 1.807) is 27.5 Å². The molecule has 0 fully saturated rings. The van der Waals surface area contributed by atoms with Crippen LogP contribution in [0.25, 0.3) is 10.9 Å². The average molecular weight is 496 g/mol. The number of benzene rings is 2. The van der Waals surface area contributed by atoms with Crippen molar-refractivity contribution in [1.82, 2.24) is 9.97 Å². The Hall–Kier alpha value is -3.52. The van der Waals surface area contributed by atoms with E-state index in [9.17, 15) is 0 Å². The second kappa shape index (κ2) is 9.74. The number of anilines is 1. The summed E-state index contributed by atoms with van der Waals surface area (Å²) in [7, 11) is 4.85. The Morgan fingerprint density at radius 3 is 2.19 bits per heavy atom. The number of hydrogen-bond acceptors (Lipinski definition) is 7. The van der Waals surface area contributed by atoms with Crippen LogP contribution in [0.5, 0.6) is 28.7 Å². The van der Waals surface area contributed by atoms with Gasteiger partial charge in [-0.1, -0.05) is 12.1 Å². The Balaban J connectivity index is 1.70. The normalized spacial score (nSPS) is 10.6. The second-order valence-electron chi connectivity index (χ2n) is 6.85. The van der Waals surface area contributed by atoms with E-state index in [0.29, 0.717) is 40.9 Å². The van der Waals surface area contributed by atoms with E-state index in [2.05, 4.69) is 26.2 Å². The zero-order valence-corrected chi connectivity index (χ0v) is 19.5. The third kappa shape index (κ3) is 4.86. The number of rotatable bonds is 8. The zero-order valence-electron chi connectivity index (χ0n) is 17.9. The monoisotopic (exact) mass is 495 g/mol. The van der Waals surface area contributed by atoms with E-state index >= 15 is 0 Å². The number of nitrogens with one attached hydrogen (secondary N) is 1. The average Bonchev–Trinajstić information content (AvgIpc) is 2.83. The van der Waals surface area contributed by atoms with E-state index in [1.165, 1.54) is 0 Å². The summed E-state index contributed by atoms with van der Waals surface area (Å²) in [5.41, 5.74) is 1.81. The highest BCUT2D eigenvalue weighted by Gasteiger charge is 2.14. The summed E-state index contributed by atoms with van der Waals surface area (Å²) in [6.07, 6.45) is 1.65. The summed E-state index contributed by atoms with van der Waals surface area (Å²) in [5.74, 6) is 3.91. The molecule has 4 aromatic rings. The van der Waals surface area contributed by atoms with Crippen LogP contribution in [0, 0.1) is 0 Å². The van der Waals surface area contributed by atoms with Crippen molar-refractivity contribution in [2.75, 3.05) is 26.6 Å². The molecular weight excluding hydrogens is 474 g/mol. The fourth-order valence-corrected chi connectivity index (χ4v) is 3.42. The summed E-state index contributed by atoms with van der Waals surface area (Å²) in [5, 5.41) is 4.16. The molecule has 32 heavy (non-hydrogen) atoms. The van der Waals surface area contributed by atoms with Crippen LogP contribution >= 0.6 is 15.9 Å². The topological polar surface area (TPSA) is 74.7 Å². The smallest absolute Gasteiger partial charge is 0.162 e. The van der Waals surface area contributed by atoms with Crippen molar-refractivity contribution in [1.29, 1.82) is 0 Å². The van der Waals surface area contributed by atoms with Crippen molar-refractivity contribution >= 4 is 32.7 Å². The van der Waals surface area contributed by atoms with Gasteiger partial charge >= 0.3 is 0 Å². The van der Waals surface area contributed by atoms with Crippen LogP contribution in [0.2, 0.25) is 0 Å². The third-order valence-corrected chi connectivity index (χ3v) is 5.31. The molecule has 2 aromatic heterocycles. The van der Waals surface area contributed by atoms with Gasteiger partial charge in [-0.25, -0.2) is 9.97 Å². The Labute approximate surface area is 194 Å². The molecule has 2 heterocycles. The van der Waals surface area contributed by atoms with E-state index in [4.69, 9.17) is 23.9 Å². The number of nitrogens with zero attached hydrogens (tertiary/aromatic N) is 2. The number of methoxy groups -OCH3 is 3. The van der Waals surface area contributed by atoms with Crippen LogP contribution in [-0.4, -0.2) is 31.3 Å². The molecule has 7 nitrogen and oxygen atoms in total. The molecule has 164 valence electrons. The van der Waals surface area contributed by atoms with Crippen LogP contribution < -0.4 is 24.3 Å². The number of pyridine rings is 2. The van der Waals surface area contributed by atoms with Crippen molar-refractivity contribution in [3.05, 3.63) is 71.0 Å². The SMILES string of the molecule is COc1ccc(CNc2cc(Oc3ccc(Br)nc3)c3cc(OC)c(OC)cc3n2)cc1. The van der Waals surface area contributed by atoms with Gasteiger partial charge in [0.2, 0.25) is 0 Å². The molecule has 0 aliphatic rings. The largest absolute Gasteiger partial charge is 0.497 e. The lowest BCUT2D eigenvalue weighted by atomic mass is 10.1. The molecule has 4 rings (SSSR count). The molecule has 0 radical (unpaired) electrons. The zero-order chi connectivity index (χ0) is 22.5. The van der Waals surface area contributed by atoms with Gasteiger partial charge in [-0.15, -0.1) is 0 Å². The Bertz CT molecular complexity index is 1210. The number of halogens is 1. The summed E-state index contributed by atoms with van der Waals surface area (Å²) in [4.78, 5) is 8.98. The lowest BCUT2D eigenvalue weighted by Gasteiger charge is -2.15. The first-order chi connectivity index (χ1) is 15.6. The van der Waals surface area contributed by atoms with Crippen molar-refractivity contribution < 1.29 is 18.9 Å². The van der Waals surface area contributed by atoms with Crippen molar-refractivity contribution in [3.63, 3.8) is 0 Å². The van der Waals surface area contributed by atoms with Gasteiger partial charge in [-0.05, 0) is 51.8 Å². The van der Waals surface area contributed by atoms with Crippen LogP contribution in [0.1, 0.15) is 5.56 Å². The van der Waals surface area contributed by atoms with Gasteiger partial charge in [0.05, 0.1) is 33.0 Å². The maximum absolute atomic E-state index is 6.17. The van der Waals surface area contributed by atoms with Crippen LogP contribution in [0.15, 0.2) is 65.4 Å². The van der Waals surface area contributed by atoms with E-state index < -0.39 is 0 Å². The highest BCUT2D eigenvalue weighted by molar-refractivity contribution is 9.10. The fraction of sp³-hybridized carbons (Fsp3) is 0.167. The molecule has 0 unspecified atom stereocenters. The summed E-state index contributed by atoms with van der Waals surface area (Å²) in [6, 6.07) is 17.1. The van der Waals surface area contributed by atoms with Gasteiger partial charge in [-0.3, -0.25) is 0 Å². The van der Waals surface area contributed by atoms with Crippen molar-refractivity contribution in [2.24, 2.45) is 0 Å². The molecule has 0 atom stereocenters. The molecular formula is C24H22BrN3O4. The quantitative estimate of drug-likeness (QED) is 0.308. The minimum atomic E-state index is 0.592. The van der Waals surface area contributed by atoms with Gasteiger partial charge in [0, 0.05) is 24.1 Å². The predicted molar refractivity (Wildman–Crippen MR) is 127 cm³/mol. The summed E-state index contributed by atoms with van der Waals surface area (Å²) in [6.45, 7) is 0.592. The summed E-state index contributed by atoms with van der Waals surface area (Å²) < 4.78 is 23.0. The van der Waals surface area contributed by atoms with Gasteiger partial charge in [0.25, 0.3) is 0 Å². The van der Waals surface area contributed by atoms with E-state index in [0.717, 1.165) is 21.3 Å². The first-order valence-electron chi connectivity index (χ1n) is 9.82. The molecule has 0 spiro atoms. The van der Waals surface area contributed by atoms with Gasteiger partial charge in [0.1, 0.15) is 27.7 Å². The van der Waals surface area contributed by atoms with Crippen LogP contribution in [-0.2, 0) is 6.54 Å². The molecule has 0 aliphatic heterocycles. The fourth-order valence-electron chi connectivity index (χ4n) is 3.18. The Morgan fingerprint density at radius 2 is 1.53 bits per heavy atom. The molecule has 0 aliphatic carbocycles. The first kappa shape index (κ1) is 21.7. The van der Waals surface area contributed by atoms with Gasteiger partial charge in [0.15, 0.2) is 11.5 Å². The van der Waals surface area contributed by atoms with Crippen molar-refractivity contribution in [3.8, 4) is 28.7 Å². The minimum absolute atomic E-state index is 0.592. The second-order valence-corrected chi connectivity index (χ2v) is 7.66. The van der Waals surface area contributed by atoms with Gasteiger partial charge in [-0.2, -0.15) is 0 Å². The number of fused-ring (bicyclic) bond motifs is 1. The number of aromatic nitrogens is 2. The van der Waals surface area contributed by atoms with Gasteiger partial charge < -0.3 is 24.3 Å². The maximum Gasteiger partial charge on any atom is 0.162 e. The minimum Gasteiger partial charge on any atom is -0.497 e. The van der Waals surface area contributed by atoms with E-state index in [-0.39, 0.29) is 0 Å². The first-order valence-corrected chi connectivity index (χ1v) is 10.6. The maximum atomic E-state index is 6.17. The van der Waals surface area contributed by atoms with Crippen molar-refractivity contribution in [2.45, 2.75) is 6.54 Å². The number of ether oxygens (including phenoxy) is 4. The lowest BCUT2D eigenvalue weighted by Crippen LogP contribution is -2.03. The molecule has 0 saturated carbocycles. The molecule has 8 heteroatoms. The Morgan fingerprint density at radius 1 is 0.812 bits per heavy atom. The molecule has 0 amide bonds. The standard InChI is InChI=1S/C24H22BrN3O4/c1-29-16-6-4-15(5-7-16)13-27-24-12-20(32-17-8-9-23(25)26-14-17)18-10-21(30-2)22(31-3)11-19(18)28-24/h4-12,14H,13H2,1-3H3,(H,27,28). The molecule has 0 bridgehead atoms. The molecule has 0 saturated heterocycles. The molecule has 1 N–H and O–H groups in total. The van der Waals surface area contributed by atoms with Crippen LogP contribution in [0.4, 0.5) is 5.82 Å². The molecule has 2 aromatic carbocycles. The van der Waals surface area contributed by atoms with Crippen LogP contribution in [0.3, 0.4) is 0 Å². The predicted octanol–water partition coefficient (Wildman–Crippen LogP) is 5.82. The highest BCUT2D eigenvalue weighted by Crippen LogP contribution is 2.38.